The lowest BCUT2D eigenvalue weighted by Gasteiger charge is -2.04. The molecule has 0 saturated carbocycles. The van der Waals surface area contributed by atoms with Crippen LogP contribution in [0, 0.1) is 0 Å². The fourth-order valence-corrected chi connectivity index (χ4v) is 2.11. The van der Waals surface area contributed by atoms with Gasteiger partial charge in [-0.25, -0.2) is 4.98 Å². The minimum atomic E-state index is 0. The van der Waals surface area contributed by atoms with Crippen molar-refractivity contribution in [2.24, 2.45) is 0 Å². The number of hydrogen-bond acceptors (Lipinski definition) is 2. The van der Waals surface area contributed by atoms with Crippen LogP contribution in [0.15, 0.2) is 60.7 Å². The Bertz CT molecular complexity index is 748. The second-order valence-corrected chi connectivity index (χ2v) is 4.53. The third-order valence-corrected chi connectivity index (χ3v) is 3.17. The van der Waals surface area contributed by atoms with Crippen LogP contribution in [-0.2, 0) is 0 Å². The number of carbonyl (C=O) groups is 1. The molecule has 0 bridgehead atoms. The Hall–Kier alpha value is -2.48. The first kappa shape index (κ1) is 13.9. The molecule has 20 heavy (non-hydrogen) atoms. The number of pyridine rings is 1. The largest absolute Gasteiger partial charge is 0.295 e. The first-order valence-corrected chi connectivity index (χ1v) is 6.21. The molecule has 3 aromatic rings. The first-order chi connectivity index (χ1) is 9.24. The van der Waals surface area contributed by atoms with Crippen LogP contribution in [-0.4, -0.2) is 10.8 Å². The van der Waals surface area contributed by atoms with Crippen LogP contribution in [0.25, 0.3) is 22.2 Å². The summed E-state index contributed by atoms with van der Waals surface area (Å²) in [5, 5.41) is 0.993. The van der Waals surface area contributed by atoms with Crippen LogP contribution in [0.5, 0.6) is 0 Å². The van der Waals surface area contributed by atoms with Crippen LogP contribution >= 0.6 is 0 Å². The third kappa shape index (κ3) is 2.59. The van der Waals surface area contributed by atoms with Crippen molar-refractivity contribution in [2.45, 2.75) is 14.4 Å². The zero-order valence-electron chi connectivity index (χ0n) is 10.6. The molecule has 0 atom stereocenters. The topological polar surface area (TPSA) is 30.0 Å². The van der Waals surface area contributed by atoms with E-state index in [2.05, 4.69) is 4.98 Å². The molecule has 0 aliphatic rings. The molecule has 0 fully saturated rings. The average molecular weight is 263 g/mol. The van der Waals surface area contributed by atoms with Crippen LogP contribution in [0.4, 0.5) is 0 Å². The zero-order chi connectivity index (χ0) is 13.2. The average Bonchev–Trinajstić information content (AvgIpc) is 2.47. The fraction of sp³-hybridized carbons (Fsp3) is 0.111. The Kier molecular flexibility index (Phi) is 3.94. The van der Waals surface area contributed by atoms with Crippen molar-refractivity contribution >= 4 is 16.7 Å². The Balaban J connectivity index is 0.00000147. The van der Waals surface area contributed by atoms with E-state index in [1.807, 2.05) is 60.7 Å². The molecule has 0 spiro atoms. The summed E-state index contributed by atoms with van der Waals surface area (Å²) in [5.74, 6) is 0.0778. The van der Waals surface area contributed by atoms with E-state index in [0.29, 0.717) is 0 Å². The Morgan fingerprint density at radius 3 is 2.40 bits per heavy atom. The highest BCUT2D eigenvalue weighted by Crippen LogP contribution is 2.21. The summed E-state index contributed by atoms with van der Waals surface area (Å²) in [6.45, 7) is 1.58. The second-order valence-electron chi connectivity index (χ2n) is 4.53. The van der Waals surface area contributed by atoms with Gasteiger partial charge in [-0.15, -0.1) is 0 Å². The van der Waals surface area contributed by atoms with Crippen molar-refractivity contribution in [3.8, 4) is 11.3 Å². The summed E-state index contributed by atoms with van der Waals surface area (Å²) in [5.41, 5.74) is 3.68. The standard InChI is InChI=1S/C17H13NO.CH4/c1-12(19)14-7-9-17-15(11-14)8-10-16(18-17)13-5-3-2-4-6-13;/h2-11H,1H3;1H4. The molecule has 0 saturated heterocycles. The van der Waals surface area contributed by atoms with Crippen molar-refractivity contribution in [1.82, 2.24) is 4.98 Å². The molecule has 3 rings (SSSR count). The van der Waals surface area contributed by atoms with Crippen molar-refractivity contribution in [3.63, 3.8) is 0 Å². The Morgan fingerprint density at radius 2 is 1.70 bits per heavy atom. The summed E-state index contributed by atoms with van der Waals surface area (Å²) in [6.07, 6.45) is 0. The number of carbonyl (C=O) groups excluding carboxylic acids is 1. The van der Waals surface area contributed by atoms with Crippen molar-refractivity contribution in [3.05, 3.63) is 66.2 Å². The highest BCUT2D eigenvalue weighted by molar-refractivity contribution is 5.98. The minimum Gasteiger partial charge on any atom is -0.295 e. The Labute approximate surface area is 119 Å². The highest BCUT2D eigenvalue weighted by Gasteiger charge is 2.04. The van der Waals surface area contributed by atoms with Gasteiger partial charge in [-0.05, 0) is 31.2 Å². The number of benzene rings is 2. The molecule has 0 radical (unpaired) electrons. The normalized spacial score (nSPS) is 10.1. The van der Waals surface area contributed by atoms with E-state index in [1.54, 1.807) is 6.92 Å². The Morgan fingerprint density at radius 1 is 0.950 bits per heavy atom. The van der Waals surface area contributed by atoms with Crippen LogP contribution in [0.3, 0.4) is 0 Å². The predicted molar refractivity (Wildman–Crippen MR) is 83.9 cm³/mol. The molecule has 1 aromatic heterocycles. The maximum atomic E-state index is 11.4. The number of hydrogen-bond donors (Lipinski definition) is 0. The van der Waals surface area contributed by atoms with Crippen molar-refractivity contribution in [1.29, 1.82) is 0 Å². The molecule has 0 amide bonds. The van der Waals surface area contributed by atoms with Crippen LogP contribution < -0.4 is 0 Å². The molecule has 1 heterocycles. The van der Waals surface area contributed by atoms with Crippen LogP contribution in [0.1, 0.15) is 24.7 Å². The third-order valence-electron chi connectivity index (χ3n) is 3.17. The van der Waals surface area contributed by atoms with Gasteiger partial charge in [-0.1, -0.05) is 43.8 Å². The molecule has 0 N–H and O–H groups in total. The lowest BCUT2D eigenvalue weighted by atomic mass is 10.1. The maximum absolute atomic E-state index is 11.4. The molecule has 2 heteroatoms. The molecular weight excluding hydrogens is 246 g/mol. The lowest BCUT2D eigenvalue weighted by molar-refractivity contribution is 0.101. The van der Waals surface area contributed by atoms with Crippen molar-refractivity contribution in [2.75, 3.05) is 0 Å². The van der Waals surface area contributed by atoms with Crippen LogP contribution in [0.2, 0.25) is 0 Å². The van der Waals surface area contributed by atoms with E-state index in [4.69, 9.17) is 0 Å². The molecule has 0 aliphatic heterocycles. The van der Waals surface area contributed by atoms with E-state index in [0.717, 1.165) is 27.7 Å². The minimum absolute atomic E-state index is 0. The maximum Gasteiger partial charge on any atom is 0.159 e. The monoisotopic (exact) mass is 263 g/mol. The predicted octanol–water partition coefficient (Wildman–Crippen LogP) is 4.74. The second kappa shape index (κ2) is 5.66. The van der Waals surface area contributed by atoms with E-state index in [-0.39, 0.29) is 13.2 Å². The highest BCUT2D eigenvalue weighted by atomic mass is 16.1. The first-order valence-electron chi connectivity index (χ1n) is 6.21. The summed E-state index contributed by atoms with van der Waals surface area (Å²) in [6, 6.07) is 19.7. The van der Waals surface area contributed by atoms with Gasteiger partial charge < -0.3 is 0 Å². The van der Waals surface area contributed by atoms with E-state index in [9.17, 15) is 4.79 Å². The molecule has 2 aromatic carbocycles. The number of nitrogens with zero attached hydrogens (tertiary/aromatic N) is 1. The van der Waals surface area contributed by atoms with E-state index in [1.165, 1.54) is 0 Å². The summed E-state index contributed by atoms with van der Waals surface area (Å²) in [4.78, 5) is 16.0. The number of Topliss-reactive ketones (excluding diaryl/α,β-unsaturated/α-hetero) is 1. The van der Waals surface area contributed by atoms with Crippen molar-refractivity contribution < 1.29 is 4.79 Å². The van der Waals surface area contributed by atoms with Gasteiger partial charge in [0.1, 0.15) is 0 Å². The van der Waals surface area contributed by atoms with E-state index >= 15 is 0 Å². The number of fused-ring (bicyclic) bond motifs is 1. The zero-order valence-corrected chi connectivity index (χ0v) is 10.6. The fourth-order valence-electron chi connectivity index (χ4n) is 2.11. The van der Waals surface area contributed by atoms with Gasteiger partial charge in [0.05, 0.1) is 11.2 Å². The molecule has 100 valence electrons. The van der Waals surface area contributed by atoms with Gasteiger partial charge in [-0.2, -0.15) is 0 Å². The lowest BCUT2D eigenvalue weighted by Crippen LogP contribution is -1.92. The summed E-state index contributed by atoms with van der Waals surface area (Å²) >= 11 is 0. The molecular formula is C18H17NO. The van der Waals surface area contributed by atoms with E-state index < -0.39 is 0 Å². The summed E-state index contributed by atoms with van der Waals surface area (Å²) in [7, 11) is 0. The smallest absolute Gasteiger partial charge is 0.159 e. The van der Waals surface area contributed by atoms with Gasteiger partial charge in [0.2, 0.25) is 0 Å². The van der Waals surface area contributed by atoms with Gasteiger partial charge in [0.25, 0.3) is 0 Å². The van der Waals surface area contributed by atoms with Gasteiger partial charge >= 0.3 is 0 Å². The number of aromatic nitrogens is 1. The van der Waals surface area contributed by atoms with Gasteiger partial charge in [-0.3, -0.25) is 4.79 Å². The SMILES string of the molecule is C.CC(=O)c1ccc2nc(-c3ccccc3)ccc2c1. The number of ketones is 1. The molecule has 0 aliphatic carbocycles. The molecule has 0 unspecified atom stereocenters. The quantitative estimate of drug-likeness (QED) is 0.625. The number of rotatable bonds is 2. The van der Waals surface area contributed by atoms with Gasteiger partial charge in [0, 0.05) is 16.5 Å². The molecule has 2 nitrogen and oxygen atoms in total. The summed E-state index contributed by atoms with van der Waals surface area (Å²) < 4.78 is 0. The van der Waals surface area contributed by atoms with Gasteiger partial charge in [0.15, 0.2) is 5.78 Å².